The highest BCUT2D eigenvalue weighted by Gasteiger charge is 2.49. The third kappa shape index (κ3) is 2.86. The third-order valence-electron chi connectivity index (χ3n) is 4.69. The lowest BCUT2D eigenvalue weighted by Crippen LogP contribution is -2.47. The molecule has 1 unspecified atom stereocenters. The second kappa shape index (κ2) is 6.43. The van der Waals surface area contributed by atoms with Crippen molar-refractivity contribution in [3.05, 3.63) is 30.3 Å². The van der Waals surface area contributed by atoms with Crippen molar-refractivity contribution in [2.75, 3.05) is 6.54 Å². The second-order valence-electron chi connectivity index (χ2n) is 6.18. The van der Waals surface area contributed by atoms with Crippen LogP contribution in [0.2, 0.25) is 0 Å². The lowest BCUT2D eigenvalue weighted by molar-refractivity contribution is -0.142. The molecular weight excluding hydrogens is 332 g/mol. The predicted molar refractivity (Wildman–Crippen MR) is 85.9 cm³/mol. The van der Waals surface area contributed by atoms with Crippen LogP contribution in [0, 0.1) is 0 Å². The minimum Gasteiger partial charge on any atom is -0.480 e. The molecule has 2 amide bonds. The van der Waals surface area contributed by atoms with E-state index in [1.165, 1.54) is 17.0 Å². The first-order chi connectivity index (χ1) is 11.4. The summed E-state index contributed by atoms with van der Waals surface area (Å²) in [7, 11) is -4.05. The van der Waals surface area contributed by atoms with Crippen LogP contribution in [0.1, 0.15) is 32.1 Å². The van der Waals surface area contributed by atoms with Crippen LogP contribution in [0.5, 0.6) is 0 Å². The molecule has 3 rings (SSSR count). The van der Waals surface area contributed by atoms with E-state index < -0.39 is 28.1 Å². The summed E-state index contributed by atoms with van der Waals surface area (Å²) in [5, 5.41) is 9.47. The summed E-state index contributed by atoms with van der Waals surface area (Å²) in [6, 6.07) is 5.57. The Morgan fingerprint density at radius 3 is 2.29 bits per heavy atom. The van der Waals surface area contributed by atoms with E-state index >= 15 is 0 Å². The molecule has 0 radical (unpaired) electrons. The number of carbonyl (C=O) groups excluding carboxylic acids is 1. The number of hydrogen-bond donors (Lipinski definition) is 1. The zero-order valence-electron chi connectivity index (χ0n) is 13.2. The Morgan fingerprint density at radius 1 is 1.08 bits per heavy atom. The minimum absolute atomic E-state index is 0.00650. The standard InChI is InChI=1S/C16H20N2O5S/c19-15(20)14-11-17(24(22,23)13-9-5-2-6-10-13)16(21)18(14)12-7-3-1-4-8-12/h2,5-6,9-10,12,14H,1,3-4,7-8,11H2,(H,19,20). The SMILES string of the molecule is O=C(O)C1CN(S(=O)(=O)c2ccccc2)C(=O)N1C1CCCCC1. The first kappa shape index (κ1) is 16.8. The number of sulfonamides is 1. The van der Waals surface area contributed by atoms with Crippen molar-refractivity contribution in [2.45, 2.75) is 49.1 Å². The summed E-state index contributed by atoms with van der Waals surface area (Å²) in [4.78, 5) is 25.6. The molecule has 0 spiro atoms. The highest BCUT2D eigenvalue weighted by molar-refractivity contribution is 7.89. The van der Waals surface area contributed by atoms with Gasteiger partial charge in [0.25, 0.3) is 10.0 Å². The van der Waals surface area contributed by atoms with Gasteiger partial charge >= 0.3 is 12.0 Å². The topological polar surface area (TPSA) is 95.0 Å². The molecule has 1 aromatic rings. The Labute approximate surface area is 140 Å². The number of carboxylic acids is 1. The predicted octanol–water partition coefficient (Wildman–Crippen LogP) is 1.90. The van der Waals surface area contributed by atoms with Gasteiger partial charge in [0.2, 0.25) is 0 Å². The van der Waals surface area contributed by atoms with Gasteiger partial charge in [0, 0.05) is 6.04 Å². The molecule has 24 heavy (non-hydrogen) atoms. The maximum Gasteiger partial charge on any atom is 0.335 e. The molecule has 1 atom stereocenters. The molecule has 1 aliphatic carbocycles. The number of benzene rings is 1. The van der Waals surface area contributed by atoms with E-state index in [-0.39, 0.29) is 17.5 Å². The molecule has 130 valence electrons. The number of carbonyl (C=O) groups is 2. The fourth-order valence-electron chi connectivity index (χ4n) is 3.47. The van der Waals surface area contributed by atoms with E-state index in [0.29, 0.717) is 4.31 Å². The number of hydrogen-bond acceptors (Lipinski definition) is 4. The van der Waals surface area contributed by atoms with Gasteiger partial charge in [0.05, 0.1) is 11.4 Å². The molecular formula is C16H20N2O5S. The van der Waals surface area contributed by atoms with Crippen molar-refractivity contribution in [3.63, 3.8) is 0 Å². The van der Waals surface area contributed by atoms with E-state index in [2.05, 4.69) is 0 Å². The van der Waals surface area contributed by atoms with Crippen LogP contribution in [0.3, 0.4) is 0 Å². The maximum atomic E-state index is 12.7. The number of carboxylic acid groups (broad SMARTS) is 1. The smallest absolute Gasteiger partial charge is 0.335 e. The lowest BCUT2D eigenvalue weighted by atomic mass is 9.93. The maximum absolute atomic E-state index is 12.7. The van der Waals surface area contributed by atoms with Crippen LogP contribution in [0.25, 0.3) is 0 Å². The Kier molecular flexibility index (Phi) is 4.49. The van der Waals surface area contributed by atoms with E-state index in [9.17, 15) is 23.1 Å². The molecule has 0 aromatic heterocycles. The van der Waals surface area contributed by atoms with Crippen molar-refractivity contribution < 1.29 is 23.1 Å². The van der Waals surface area contributed by atoms with Crippen LogP contribution in [-0.2, 0) is 14.8 Å². The van der Waals surface area contributed by atoms with Crippen LogP contribution in [0.15, 0.2) is 35.2 Å². The number of aliphatic carboxylic acids is 1. The van der Waals surface area contributed by atoms with Crippen LogP contribution in [-0.4, -0.2) is 53.4 Å². The summed E-state index contributed by atoms with van der Waals surface area (Å²) < 4.78 is 26.2. The normalized spacial score (nSPS) is 22.8. The molecule has 1 heterocycles. The summed E-state index contributed by atoms with van der Waals surface area (Å²) in [5.74, 6) is -1.17. The summed E-state index contributed by atoms with van der Waals surface area (Å²) in [6.45, 7) is -0.345. The molecule has 1 saturated carbocycles. The van der Waals surface area contributed by atoms with Gasteiger partial charge in [0.15, 0.2) is 0 Å². The third-order valence-corrected chi connectivity index (χ3v) is 6.45. The highest BCUT2D eigenvalue weighted by Crippen LogP contribution is 2.31. The van der Waals surface area contributed by atoms with Gasteiger partial charge < -0.3 is 10.0 Å². The van der Waals surface area contributed by atoms with E-state index in [1.807, 2.05) is 0 Å². The Balaban J connectivity index is 1.93. The number of amides is 2. The summed E-state index contributed by atoms with van der Waals surface area (Å²) >= 11 is 0. The molecule has 0 bridgehead atoms. The van der Waals surface area contributed by atoms with Crippen LogP contribution in [0.4, 0.5) is 4.79 Å². The quantitative estimate of drug-likeness (QED) is 0.893. The molecule has 2 aliphatic rings. The van der Waals surface area contributed by atoms with Crippen molar-refractivity contribution in [2.24, 2.45) is 0 Å². The van der Waals surface area contributed by atoms with Crippen molar-refractivity contribution in [3.8, 4) is 0 Å². The molecule has 1 aromatic carbocycles. The average molecular weight is 352 g/mol. The van der Waals surface area contributed by atoms with Gasteiger partial charge in [-0.25, -0.2) is 22.3 Å². The molecule has 2 fully saturated rings. The zero-order chi connectivity index (χ0) is 17.3. The lowest BCUT2D eigenvalue weighted by Gasteiger charge is -2.33. The van der Waals surface area contributed by atoms with E-state index in [4.69, 9.17) is 0 Å². The van der Waals surface area contributed by atoms with E-state index in [0.717, 1.165) is 32.1 Å². The van der Waals surface area contributed by atoms with Crippen molar-refractivity contribution in [1.82, 2.24) is 9.21 Å². The van der Waals surface area contributed by atoms with Crippen molar-refractivity contribution >= 4 is 22.0 Å². The van der Waals surface area contributed by atoms with Gasteiger partial charge in [-0.3, -0.25) is 0 Å². The molecule has 1 N–H and O–H groups in total. The zero-order valence-corrected chi connectivity index (χ0v) is 14.0. The van der Waals surface area contributed by atoms with Crippen LogP contribution >= 0.6 is 0 Å². The summed E-state index contributed by atoms with van der Waals surface area (Å²) in [6.07, 6.45) is 4.34. The first-order valence-electron chi connectivity index (χ1n) is 8.06. The largest absolute Gasteiger partial charge is 0.480 e. The van der Waals surface area contributed by atoms with Crippen LogP contribution < -0.4 is 0 Å². The van der Waals surface area contributed by atoms with Gasteiger partial charge in [-0.05, 0) is 25.0 Å². The molecule has 1 aliphatic heterocycles. The molecule has 1 saturated heterocycles. The highest BCUT2D eigenvalue weighted by atomic mass is 32.2. The van der Waals surface area contributed by atoms with Gasteiger partial charge in [-0.2, -0.15) is 0 Å². The fourth-order valence-corrected chi connectivity index (χ4v) is 4.87. The Hall–Kier alpha value is -2.09. The number of nitrogens with zero attached hydrogens (tertiary/aromatic N) is 2. The average Bonchev–Trinajstić information content (AvgIpc) is 2.95. The Bertz CT molecular complexity index is 728. The molecule has 8 heteroatoms. The van der Waals surface area contributed by atoms with Gasteiger partial charge in [-0.1, -0.05) is 37.5 Å². The van der Waals surface area contributed by atoms with E-state index in [1.54, 1.807) is 18.2 Å². The fraction of sp³-hybridized carbons (Fsp3) is 0.500. The van der Waals surface area contributed by atoms with Crippen molar-refractivity contribution in [1.29, 1.82) is 0 Å². The van der Waals surface area contributed by atoms with Gasteiger partial charge in [0.1, 0.15) is 6.04 Å². The first-order valence-corrected chi connectivity index (χ1v) is 9.50. The summed E-state index contributed by atoms with van der Waals surface area (Å²) in [5.41, 5.74) is 0. The second-order valence-corrected chi connectivity index (χ2v) is 8.05. The van der Waals surface area contributed by atoms with Gasteiger partial charge in [-0.15, -0.1) is 0 Å². The minimum atomic E-state index is -4.05. The number of urea groups is 1. The monoisotopic (exact) mass is 352 g/mol. The number of rotatable bonds is 4. The molecule has 7 nitrogen and oxygen atoms in total. The Morgan fingerprint density at radius 2 is 1.71 bits per heavy atom.